The van der Waals surface area contributed by atoms with Gasteiger partial charge in [0.25, 0.3) is 5.91 Å². The molecule has 0 aliphatic heterocycles. The van der Waals surface area contributed by atoms with Crippen LogP contribution in [0.15, 0.2) is 18.2 Å². The first-order chi connectivity index (χ1) is 12.5. The molecule has 5 rings (SSSR count). The zero-order valence-electron chi connectivity index (χ0n) is 15.0. The third kappa shape index (κ3) is 3.60. The number of amides is 1. The summed E-state index contributed by atoms with van der Waals surface area (Å²) in [7, 11) is 1.63. The van der Waals surface area contributed by atoms with E-state index in [0.717, 1.165) is 35.7 Å². The fourth-order valence-electron chi connectivity index (χ4n) is 5.48. The van der Waals surface area contributed by atoms with Crippen LogP contribution in [0.4, 0.5) is 0 Å². The Balaban J connectivity index is 1.49. The highest BCUT2D eigenvalue weighted by Gasteiger charge is 2.55. The Kier molecular flexibility index (Phi) is 5.18. The fourth-order valence-corrected chi connectivity index (χ4v) is 5.95. The van der Waals surface area contributed by atoms with E-state index < -0.39 is 5.60 Å². The molecule has 4 fully saturated rings. The molecule has 1 aromatic carbocycles. The van der Waals surface area contributed by atoms with Crippen LogP contribution in [0.1, 0.15) is 42.5 Å². The van der Waals surface area contributed by atoms with Gasteiger partial charge in [-0.1, -0.05) is 0 Å². The summed E-state index contributed by atoms with van der Waals surface area (Å²) in [6.07, 6.45) is 4.88. The number of carbonyl (C=O) groups excluding carboxylic acids is 1. The first-order valence-corrected chi connectivity index (χ1v) is 10.5. The molecule has 4 aliphatic rings. The van der Waals surface area contributed by atoms with E-state index in [4.69, 9.17) is 9.47 Å². The third-order valence-corrected chi connectivity index (χ3v) is 6.94. The van der Waals surface area contributed by atoms with E-state index in [2.05, 4.69) is 27.9 Å². The van der Waals surface area contributed by atoms with E-state index in [-0.39, 0.29) is 11.9 Å². The smallest absolute Gasteiger partial charge is 0.255 e. The molecule has 142 valence electrons. The van der Waals surface area contributed by atoms with Crippen molar-refractivity contribution >= 4 is 28.5 Å². The first kappa shape index (κ1) is 18.5. The number of nitrogens with one attached hydrogen (secondary N) is 1. The summed E-state index contributed by atoms with van der Waals surface area (Å²) in [5, 5.41) is 14.0. The number of benzene rings is 1. The van der Waals surface area contributed by atoms with Gasteiger partial charge in [0.2, 0.25) is 0 Å². The van der Waals surface area contributed by atoms with Gasteiger partial charge in [-0.25, -0.2) is 0 Å². The molecule has 2 unspecified atom stereocenters. The van der Waals surface area contributed by atoms with Gasteiger partial charge in [-0.15, -0.1) is 0 Å². The van der Waals surface area contributed by atoms with Crippen LogP contribution < -0.4 is 10.1 Å². The minimum Gasteiger partial charge on any atom is -0.490 e. The molecule has 26 heavy (non-hydrogen) atoms. The van der Waals surface area contributed by atoms with Gasteiger partial charge in [-0.3, -0.25) is 4.79 Å². The SMILES string of the molecule is COCCOc1cc(I)ccc1C(=O)N[C@H]1C2CC3CC1C[C@](O)(C3)C2. The minimum absolute atomic E-state index is 0.0710. The number of carbonyl (C=O) groups is 1. The Hall–Kier alpha value is -0.860. The molecular formula is C20H26INO4. The molecule has 5 nitrogen and oxygen atoms in total. The maximum Gasteiger partial charge on any atom is 0.255 e. The number of halogens is 1. The van der Waals surface area contributed by atoms with Crippen molar-refractivity contribution in [2.75, 3.05) is 20.3 Å². The van der Waals surface area contributed by atoms with Crippen LogP contribution in [0.25, 0.3) is 0 Å². The molecule has 4 aliphatic carbocycles. The standard InChI is InChI=1S/C20H26INO4/c1-25-4-5-26-17-8-15(21)2-3-16(17)19(23)22-18-13-6-12-7-14(18)11-20(24,9-12)10-13/h2-3,8,12-14,18,24H,4-7,9-11H2,1H3,(H,22,23)/t12?,13?,14?,18-,20-. The summed E-state index contributed by atoms with van der Waals surface area (Å²) in [6.45, 7) is 0.902. The Bertz CT molecular complexity index is 678. The summed E-state index contributed by atoms with van der Waals surface area (Å²) < 4.78 is 11.8. The molecule has 2 N–H and O–H groups in total. The molecule has 0 heterocycles. The molecule has 0 saturated heterocycles. The average Bonchev–Trinajstić information content (AvgIpc) is 2.57. The number of aliphatic hydroxyl groups is 1. The van der Waals surface area contributed by atoms with Gasteiger partial charge >= 0.3 is 0 Å². The Morgan fingerprint density at radius 2 is 2.00 bits per heavy atom. The van der Waals surface area contributed by atoms with Gasteiger partial charge in [-0.05, 0) is 90.6 Å². The maximum atomic E-state index is 13.0. The highest BCUT2D eigenvalue weighted by molar-refractivity contribution is 14.1. The number of methoxy groups -OCH3 is 1. The molecule has 2 atom stereocenters. The van der Waals surface area contributed by atoms with Crippen molar-refractivity contribution in [3.8, 4) is 5.75 Å². The summed E-state index contributed by atoms with van der Waals surface area (Å²) in [6, 6.07) is 5.83. The monoisotopic (exact) mass is 471 g/mol. The van der Waals surface area contributed by atoms with E-state index in [1.54, 1.807) is 7.11 Å². The maximum absolute atomic E-state index is 13.0. The molecule has 4 bridgehead atoms. The van der Waals surface area contributed by atoms with Crippen molar-refractivity contribution in [2.45, 2.75) is 43.7 Å². The van der Waals surface area contributed by atoms with Gasteiger partial charge in [0.15, 0.2) is 0 Å². The predicted molar refractivity (Wildman–Crippen MR) is 106 cm³/mol. The topological polar surface area (TPSA) is 67.8 Å². The Labute approximate surface area is 168 Å². The zero-order chi connectivity index (χ0) is 18.3. The number of rotatable bonds is 6. The lowest BCUT2D eigenvalue weighted by molar-refractivity contribution is -0.136. The first-order valence-electron chi connectivity index (χ1n) is 9.42. The van der Waals surface area contributed by atoms with E-state index in [9.17, 15) is 9.90 Å². The van der Waals surface area contributed by atoms with E-state index >= 15 is 0 Å². The normalized spacial score (nSPS) is 34.7. The lowest BCUT2D eigenvalue weighted by Crippen LogP contribution is -2.61. The van der Waals surface area contributed by atoms with Crippen molar-refractivity contribution in [2.24, 2.45) is 17.8 Å². The summed E-state index contributed by atoms with van der Waals surface area (Å²) >= 11 is 2.22. The summed E-state index contributed by atoms with van der Waals surface area (Å²) in [5.74, 6) is 1.97. The second-order valence-corrected chi connectivity index (χ2v) is 9.42. The average molecular weight is 471 g/mol. The van der Waals surface area contributed by atoms with Crippen LogP contribution in [0.2, 0.25) is 0 Å². The van der Waals surface area contributed by atoms with Crippen LogP contribution in [0, 0.1) is 21.3 Å². The Morgan fingerprint density at radius 3 is 2.65 bits per heavy atom. The van der Waals surface area contributed by atoms with Gasteiger partial charge in [0.05, 0.1) is 17.8 Å². The number of hydrogen-bond donors (Lipinski definition) is 2. The van der Waals surface area contributed by atoms with Crippen LogP contribution in [-0.2, 0) is 4.74 Å². The van der Waals surface area contributed by atoms with E-state index in [0.29, 0.717) is 42.3 Å². The van der Waals surface area contributed by atoms with Gasteiger partial charge < -0.3 is 19.9 Å². The van der Waals surface area contributed by atoms with Crippen LogP contribution in [0.5, 0.6) is 5.75 Å². The molecule has 4 saturated carbocycles. The van der Waals surface area contributed by atoms with Crippen molar-refractivity contribution in [3.05, 3.63) is 27.3 Å². The second kappa shape index (κ2) is 7.28. The molecule has 1 aromatic rings. The highest BCUT2D eigenvalue weighted by Crippen LogP contribution is 2.55. The second-order valence-electron chi connectivity index (χ2n) is 8.18. The molecular weight excluding hydrogens is 445 g/mol. The largest absolute Gasteiger partial charge is 0.490 e. The summed E-state index contributed by atoms with van der Waals surface area (Å²) in [4.78, 5) is 13.0. The van der Waals surface area contributed by atoms with Crippen molar-refractivity contribution in [1.82, 2.24) is 5.32 Å². The molecule has 0 radical (unpaired) electrons. The summed E-state index contributed by atoms with van der Waals surface area (Å²) in [5.41, 5.74) is 0.101. The van der Waals surface area contributed by atoms with Gasteiger partial charge in [0.1, 0.15) is 12.4 Å². The van der Waals surface area contributed by atoms with Crippen LogP contribution in [-0.4, -0.2) is 43.0 Å². The lowest BCUT2D eigenvalue weighted by Gasteiger charge is -2.58. The minimum atomic E-state index is -0.477. The van der Waals surface area contributed by atoms with Crippen LogP contribution in [0.3, 0.4) is 0 Å². The van der Waals surface area contributed by atoms with Crippen molar-refractivity contribution in [3.63, 3.8) is 0 Å². The van der Waals surface area contributed by atoms with Crippen molar-refractivity contribution < 1.29 is 19.4 Å². The van der Waals surface area contributed by atoms with Crippen molar-refractivity contribution in [1.29, 1.82) is 0 Å². The molecule has 1 amide bonds. The van der Waals surface area contributed by atoms with E-state index in [1.165, 1.54) is 0 Å². The number of hydrogen-bond acceptors (Lipinski definition) is 4. The zero-order valence-corrected chi connectivity index (χ0v) is 17.2. The molecule has 0 spiro atoms. The third-order valence-electron chi connectivity index (χ3n) is 6.27. The predicted octanol–water partition coefficient (Wildman–Crippen LogP) is 2.99. The Morgan fingerprint density at radius 1 is 1.27 bits per heavy atom. The lowest BCUT2D eigenvalue weighted by atomic mass is 9.52. The van der Waals surface area contributed by atoms with Gasteiger partial charge in [-0.2, -0.15) is 0 Å². The van der Waals surface area contributed by atoms with Gasteiger partial charge in [0, 0.05) is 16.7 Å². The molecule has 6 heteroatoms. The fraction of sp³-hybridized carbons (Fsp3) is 0.650. The van der Waals surface area contributed by atoms with Crippen LogP contribution >= 0.6 is 22.6 Å². The quantitative estimate of drug-likeness (QED) is 0.495. The highest BCUT2D eigenvalue weighted by atomic mass is 127. The number of ether oxygens (including phenoxy) is 2. The molecule has 0 aromatic heterocycles. The van der Waals surface area contributed by atoms with E-state index in [1.807, 2.05) is 18.2 Å².